The van der Waals surface area contributed by atoms with Crippen LogP contribution in [0.15, 0.2) is 24.5 Å². The summed E-state index contributed by atoms with van der Waals surface area (Å²) < 4.78 is 6.09. The molecule has 6 nitrogen and oxygen atoms in total. The Hall–Kier alpha value is -1.50. The van der Waals surface area contributed by atoms with Gasteiger partial charge in [0.25, 0.3) is 5.91 Å². The summed E-state index contributed by atoms with van der Waals surface area (Å²) >= 11 is 0. The number of pyridine rings is 1. The molecule has 3 aliphatic heterocycles. The second-order valence-corrected chi connectivity index (χ2v) is 7.67. The zero-order valence-electron chi connectivity index (χ0n) is 15.6. The topological polar surface area (TPSA) is 48.9 Å². The summed E-state index contributed by atoms with van der Waals surface area (Å²) in [5.41, 5.74) is 0.684. The summed E-state index contributed by atoms with van der Waals surface area (Å²) in [6.07, 6.45) is 8.25. The maximum atomic E-state index is 12.8. The molecule has 4 rings (SSSR count). The number of aromatic nitrogens is 1. The van der Waals surface area contributed by atoms with Crippen molar-refractivity contribution in [2.24, 2.45) is 0 Å². The van der Waals surface area contributed by atoms with E-state index in [1.54, 1.807) is 12.4 Å². The highest BCUT2D eigenvalue weighted by molar-refractivity contribution is 5.93. The summed E-state index contributed by atoms with van der Waals surface area (Å²) in [4.78, 5) is 24.0. The molecule has 3 aliphatic rings. The number of ether oxygens (including phenoxy) is 1. The molecular weight excluding hydrogens is 328 g/mol. The van der Waals surface area contributed by atoms with Gasteiger partial charge in [0.05, 0.1) is 18.3 Å². The van der Waals surface area contributed by atoms with Gasteiger partial charge in [-0.1, -0.05) is 0 Å². The number of morpholine rings is 1. The number of hydrogen-bond donors (Lipinski definition) is 0. The molecule has 1 aromatic rings. The first-order valence-electron chi connectivity index (χ1n) is 10.1. The minimum atomic E-state index is 0.0976. The van der Waals surface area contributed by atoms with Crippen molar-refractivity contribution < 1.29 is 9.53 Å². The molecule has 0 saturated carbocycles. The van der Waals surface area contributed by atoms with Crippen LogP contribution in [0.1, 0.15) is 36.0 Å². The van der Waals surface area contributed by atoms with Gasteiger partial charge in [-0.15, -0.1) is 0 Å². The molecule has 142 valence electrons. The van der Waals surface area contributed by atoms with Crippen molar-refractivity contribution in [1.82, 2.24) is 19.7 Å². The third-order valence-electron chi connectivity index (χ3n) is 6.08. The van der Waals surface area contributed by atoms with E-state index in [0.29, 0.717) is 11.6 Å². The highest BCUT2D eigenvalue weighted by Crippen LogP contribution is 2.24. The molecule has 0 aliphatic carbocycles. The standard InChI is InChI=1S/C20H30N4O2/c25-20(17-4-3-7-21-16-17)24-10-5-18-19(6-11-24)26-15-14-23(18)13-12-22-8-1-2-9-22/h3-4,7,16,18-19H,1-2,5-6,8-15H2. The van der Waals surface area contributed by atoms with E-state index >= 15 is 0 Å². The largest absolute Gasteiger partial charge is 0.375 e. The summed E-state index contributed by atoms with van der Waals surface area (Å²) in [7, 11) is 0. The Morgan fingerprint density at radius 3 is 2.77 bits per heavy atom. The van der Waals surface area contributed by atoms with E-state index < -0.39 is 0 Å². The normalized spacial score (nSPS) is 27.9. The Morgan fingerprint density at radius 2 is 1.96 bits per heavy atom. The van der Waals surface area contributed by atoms with Crippen molar-refractivity contribution in [2.75, 3.05) is 52.4 Å². The smallest absolute Gasteiger partial charge is 0.255 e. The van der Waals surface area contributed by atoms with Crippen LogP contribution in [-0.2, 0) is 4.74 Å². The van der Waals surface area contributed by atoms with Crippen molar-refractivity contribution in [3.8, 4) is 0 Å². The first kappa shape index (κ1) is 17.9. The molecule has 1 aromatic heterocycles. The molecule has 0 aromatic carbocycles. The quantitative estimate of drug-likeness (QED) is 0.816. The Kier molecular flexibility index (Phi) is 5.82. The molecule has 0 spiro atoms. The van der Waals surface area contributed by atoms with E-state index in [-0.39, 0.29) is 12.0 Å². The van der Waals surface area contributed by atoms with Crippen LogP contribution in [0.2, 0.25) is 0 Å². The van der Waals surface area contributed by atoms with Gasteiger partial charge in [-0.3, -0.25) is 14.7 Å². The highest BCUT2D eigenvalue weighted by atomic mass is 16.5. The monoisotopic (exact) mass is 358 g/mol. The van der Waals surface area contributed by atoms with Crippen LogP contribution >= 0.6 is 0 Å². The number of amides is 1. The number of hydrogen-bond acceptors (Lipinski definition) is 5. The van der Waals surface area contributed by atoms with Gasteiger partial charge in [0, 0.05) is 51.2 Å². The van der Waals surface area contributed by atoms with Crippen LogP contribution < -0.4 is 0 Å². The molecule has 2 unspecified atom stereocenters. The number of likely N-dealkylation sites (tertiary alicyclic amines) is 2. The molecule has 1 amide bonds. The lowest BCUT2D eigenvalue weighted by atomic mass is 10.0. The summed E-state index contributed by atoms with van der Waals surface area (Å²) in [5.74, 6) is 0.0976. The zero-order chi connectivity index (χ0) is 17.8. The first-order chi connectivity index (χ1) is 12.8. The van der Waals surface area contributed by atoms with Crippen LogP contribution in [0, 0.1) is 0 Å². The van der Waals surface area contributed by atoms with Gasteiger partial charge in [0.2, 0.25) is 0 Å². The molecule has 0 bridgehead atoms. The second kappa shape index (κ2) is 8.46. The fraction of sp³-hybridized carbons (Fsp3) is 0.700. The Morgan fingerprint density at radius 1 is 1.12 bits per heavy atom. The molecule has 0 N–H and O–H groups in total. The van der Waals surface area contributed by atoms with E-state index in [0.717, 1.165) is 45.6 Å². The predicted molar refractivity (Wildman–Crippen MR) is 100 cm³/mol. The molecule has 26 heavy (non-hydrogen) atoms. The maximum Gasteiger partial charge on any atom is 0.255 e. The van der Waals surface area contributed by atoms with E-state index in [2.05, 4.69) is 14.8 Å². The second-order valence-electron chi connectivity index (χ2n) is 7.67. The average molecular weight is 358 g/mol. The van der Waals surface area contributed by atoms with E-state index in [4.69, 9.17) is 4.74 Å². The van der Waals surface area contributed by atoms with Crippen molar-refractivity contribution in [2.45, 2.75) is 37.8 Å². The molecule has 4 heterocycles. The highest BCUT2D eigenvalue weighted by Gasteiger charge is 2.35. The average Bonchev–Trinajstić information content (AvgIpc) is 3.11. The number of carbonyl (C=O) groups is 1. The number of nitrogens with zero attached hydrogens (tertiary/aromatic N) is 4. The molecule has 0 radical (unpaired) electrons. The van der Waals surface area contributed by atoms with Crippen LogP contribution in [0.5, 0.6) is 0 Å². The van der Waals surface area contributed by atoms with Crippen molar-refractivity contribution >= 4 is 5.91 Å². The van der Waals surface area contributed by atoms with Crippen LogP contribution in [0.4, 0.5) is 0 Å². The SMILES string of the molecule is O=C(c1cccnc1)N1CCC2OCCN(CCN3CCCC3)C2CC1. The van der Waals surface area contributed by atoms with Gasteiger partial charge >= 0.3 is 0 Å². The van der Waals surface area contributed by atoms with E-state index in [9.17, 15) is 4.79 Å². The number of fused-ring (bicyclic) bond motifs is 1. The summed E-state index contributed by atoms with van der Waals surface area (Å²) in [6.45, 7) is 8.22. The minimum absolute atomic E-state index is 0.0976. The van der Waals surface area contributed by atoms with Gasteiger partial charge < -0.3 is 14.5 Å². The van der Waals surface area contributed by atoms with Crippen LogP contribution in [-0.4, -0.2) is 90.2 Å². The lowest BCUT2D eigenvalue weighted by molar-refractivity contribution is -0.0727. The summed E-state index contributed by atoms with van der Waals surface area (Å²) in [6, 6.07) is 4.12. The summed E-state index contributed by atoms with van der Waals surface area (Å²) in [5, 5.41) is 0. The molecule has 2 atom stereocenters. The fourth-order valence-corrected chi connectivity index (χ4v) is 4.59. The lowest BCUT2D eigenvalue weighted by Crippen LogP contribution is -2.53. The maximum absolute atomic E-state index is 12.8. The number of rotatable bonds is 4. The number of carbonyl (C=O) groups excluding carboxylic acids is 1. The van der Waals surface area contributed by atoms with Crippen molar-refractivity contribution in [3.05, 3.63) is 30.1 Å². The minimum Gasteiger partial charge on any atom is -0.375 e. The Bertz CT molecular complexity index is 591. The Balaban J connectivity index is 1.36. The molecule has 3 fully saturated rings. The van der Waals surface area contributed by atoms with Gasteiger partial charge in [0.1, 0.15) is 0 Å². The van der Waals surface area contributed by atoms with Crippen molar-refractivity contribution in [3.63, 3.8) is 0 Å². The van der Waals surface area contributed by atoms with E-state index in [1.807, 2.05) is 17.0 Å². The fourth-order valence-electron chi connectivity index (χ4n) is 4.59. The third kappa shape index (κ3) is 4.08. The lowest BCUT2D eigenvalue weighted by Gasteiger charge is -2.41. The van der Waals surface area contributed by atoms with Crippen molar-refractivity contribution in [1.29, 1.82) is 0 Å². The first-order valence-corrected chi connectivity index (χ1v) is 10.1. The van der Waals surface area contributed by atoms with Crippen LogP contribution in [0.25, 0.3) is 0 Å². The van der Waals surface area contributed by atoms with Gasteiger partial charge in [-0.2, -0.15) is 0 Å². The third-order valence-corrected chi connectivity index (χ3v) is 6.08. The molecule has 6 heteroatoms. The van der Waals surface area contributed by atoms with E-state index in [1.165, 1.54) is 32.5 Å². The molecule has 3 saturated heterocycles. The van der Waals surface area contributed by atoms with Gasteiger partial charge in [-0.05, 0) is 50.9 Å². The van der Waals surface area contributed by atoms with Gasteiger partial charge in [0.15, 0.2) is 0 Å². The predicted octanol–water partition coefficient (Wildman–Crippen LogP) is 1.48. The van der Waals surface area contributed by atoms with Crippen LogP contribution in [0.3, 0.4) is 0 Å². The van der Waals surface area contributed by atoms with Gasteiger partial charge in [-0.25, -0.2) is 0 Å². The molecular formula is C20H30N4O2. The Labute approximate surface area is 156 Å². The zero-order valence-corrected chi connectivity index (χ0v) is 15.6.